The fourth-order valence-electron chi connectivity index (χ4n) is 2.61. The Labute approximate surface area is 116 Å². The Morgan fingerprint density at radius 3 is 2.58 bits per heavy atom. The fourth-order valence-corrected chi connectivity index (χ4v) is 2.96. The molecular weight excluding hydrogens is 270 g/mol. The minimum absolute atomic E-state index is 0.107. The highest BCUT2D eigenvalue weighted by atomic mass is 35.5. The number of hydrogen-bond acceptors (Lipinski definition) is 4. The van der Waals surface area contributed by atoms with Crippen molar-refractivity contribution >= 4 is 17.3 Å². The van der Waals surface area contributed by atoms with Crippen molar-refractivity contribution in [3.8, 4) is 0 Å². The third kappa shape index (κ3) is 3.06. The maximum atomic E-state index is 11.1. The van der Waals surface area contributed by atoms with Gasteiger partial charge in [-0.1, -0.05) is 37.3 Å². The zero-order valence-electron chi connectivity index (χ0n) is 11.0. The van der Waals surface area contributed by atoms with Crippen LogP contribution in [0.4, 0.5) is 5.69 Å². The van der Waals surface area contributed by atoms with Crippen molar-refractivity contribution in [3.63, 3.8) is 0 Å². The number of rotatable bonds is 4. The number of halogens is 1. The topological polar surface area (TPSA) is 70.2 Å². The predicted molar refractivity (Wildman–Crippen MR) is 71.3 cm³/mol. The first-order valence-electron chi connectivity index (χ1n) is 6.55. The molecule has 0 aliphatic heterocycles. The molecule has 1 aromatic heterocycles. The van der Waals surface area contributed by atoms with Crippen LogP contribution in [0.15, 0.2) is 0 Å². The van der Waals surface area contributed by atoms with Crippen LogP contribution in [0.2, 0.25) is 5.15 Å². The number of ether oxygens (including phenoxy) is 1. The van der Waals surface area contributed by atoms with Crippen LogP contribution in [-0.4, -0.2) is 21.8 Å². The number of hydrogen-bond donors (Lipinski definition) is 0. The van der Waals surface area contributed by atoms with Gasteiger partial charge in [0, 0.05) is 7.11 Å². The molecule has 0 bridgehead atoms. The van der Waals surface area contributed by atoms with Gasteiger partial charge in [0.05, 0.1) is 17.6 Å². The lowest BCUT2D eigenvalue weighted by Gasteiger charge is -2.14. The van der Waals surface area contributed by atoms with Crippen LogP contribution in [0.5, 0.6) is 0 Å². The first-order valence-corrected chi connectivity index (χ1v) is 6.93. The van der Waals surface area contributed by atoms with Gasteiger partial charge in [0.1, 0.15) is 0 Å². The summed E-state index contributed by atoms with van der Waals surface area (Å²) in [6, 6.07) is 0.166. The van der Waals surface area contributed by atoms with Gasteiger partial charge in [-0.05, 0) is 12.8 Å². The fraction of sp³-hybridized carbons (Fsp3) is 0.750. The van der Waals surface area contributed by atoms with Crippen LogP contribution in [0.3, 0.4) is 0 Å². The number of methoxy groups -OCH3 is 1. The van der Waals surface area contributed by atoms with E-state index >= 15 is 0 Å². The second-order valence-electron chi connectivity index (χ2n) is 4.87. The third-order valence-electron chi connectivity index (χ3n) is 3.53. The molecular formula is C12H18ClN3O3. The van der Waals surface area contributed by atoms with E-state index in [1.54, 1.807) is 4.68 Å². The molecule has 0 amide bonds. The first kappa shape index (κ1) is 14.3. The van der Waals surface area contributed by atoms with E-state index in [1.807, 2.05) is 0 Å². The minimum Gasteiger partial charge on any atom is -0.378 e. The largest absolute Gasteiger partial charge is 0.378 e. The van der Waals surface area contributed by atoms with Crippen molar-refractivity contribution in [3.05, 3.63) is 21.0 Å². The number of nitrogens with zero attached hydrogens (tertiary/aromatic N) is 3. The van der Waals surface area contributed by atoms with Gasteiger partial charge in [0.25, 0.3) is 0 Å². The normalized spacial score (nSPS) is 17.4. The molecule has 0 unspecified atom stereocenters. The Bertz CT molecular complexity index is 453. The Balaban J connectivity index is 2.34. The monoisotopic (exact) mass is 287 g/mol. The van der Waals surface area contributed by atoms with Crippen molar-refractivity contribution in [1.29, 1.82) is 0 Å². The summed E-state index contributed by atoms with van der Waals surface area (Å²) in [4.78, 5) is 10.6. The molecule has 6 nitrogen and oxygen atoms in total. The van der Waals surface area contributed by atoms with Gasteiger partial charge >= 0.3 is 5.69 Å². The maximum absolute atomic E-state index is 11.1. The summed E-state index contributed by atoms with van der Waals surface area (Å²) in [5.41, 5.74) is 0.189. The van der Waals surface area contributed by atoms with Crippen molar-refractivity contribution in [2.45, 2.75) is 51.2 Å². The van der Waals surface area contributed by atoms with E-state index in [9.17, 15) is 10.1 Å². The molecule has 1 fully saturated rings. The molecule has 1 aliphatic carbocycles. The van der Waals surface area contributed by atoms with Crippen LogP contribution in [-0.2, 0) is 11.3 Å². The molecule has 1 aliphatic rings. The lowest BCUT2D eigenvalue weighted by molar-refractivity contribution is -0.385. The lowest BCUT2D eigenvalue weighted by atomic mass is 10.1. The van der Waals surface area contributed by atoms with Crippen LogP contribution < -0.4 is 0 Å². The summed E-state index contributed by atoms with van der Waals surface area (Å²) in [6.45, 7) is 0.107. The molecule has 7 heteroatoms. The highest BCUT2D eigenvalue weighted by Gasteiger charge is 2.29. The van der Waals surface area contributed by atoms with Crippen molar-refractivity contribution in [2.24, 2.45) is 0 Å². The molecule has 2 rings (SSSR count). The molecule has 106 valence electrons. The Morgan fingerprint density at radius 2 is 2.05 bits per heavy atom. The van der Waals surface area contributed by atoms with Gasteiger partial charge in [0.15, 0.2) is 5.69 Å². The van der Waals surface area contributed by atoms with Gasteiger partial charge in [-0.2, -0.15) is 5.10 Å². The standard InChI is InChI=1S/C12H18ClN3O3/c1-19-8-10-11(16(17)18)12(13)15(14-10)9-6-4-2-3-5-7-9/h9H,2-8H2,1H3. The second kappa shape index (κ2) is 6.34. The molecule has 0 aromatic carbocycles. The summed E-state index contributed by atoms with van der Waals surface area (Å²) in [7, 11) is 1.49. The van der Waals surface area contributed by atoms with Gasteiger partial charge < -0.3 is 4.74 Å². The van der Waals surface area contributed by atoms with Crippen LogP contribution in [0.1, 0.15) is 50.3 Å². The molecule has 19 heavy (non-hydrogen) atoms. The quantitative estimate of drug-likeness (QED) is 0.483. The summed E-state index contributed by atoms with van der Waals surface area (Å²) in [5.74, 6) is 0. The van der Waals surface area contributed by atoms with Gasteiger partial charge in [-0.3, -0.25) is 10.1 Å². The lowest BCUT2D eigenvalue weighted by Crippen LogP contribution is -2.10. The van der Waals surface area contributed by atoms with Crippen LogP contribution in [0.25, 0.3) is 0 Å². The van der Waals surface area contributed by atoms with E-state index in [0.717, 1.165) is 25.7 Å². The average Bonchev–Trinajstić information content (AvgIpc) is 2.56. The summed E-state index contributed by atoms with van der Waals surface area (Å²) in [5, 5.41) is 15.5. The van der Waals surface area contributed by atoms with E-state index in [1.165, 1.54) is 20.0 Å². The summed E-state index contributed by atoms with van der Waals surface area (Å²) >= 11 is 6.15. The van der Waals surface area contributed by atoms with Crippen molar-refractivity contribution < 1.29 is 9.66 Å². The summed E-state index contributed by atoms with van der Waals surface area (Å²) < 4.78 is 6.58. The second-order valence-corrected chi connectivity index (χ2v) is 5.22. The van der Waals surface area contributed by atoms with Gasteiger partial charge in [-0.25, -0.2) is 4.68 Å². The molecule has 1 aromatic rings. The minimum atomic E-state index is -0.475. The zero-order chi connectivity index (χ0) is 13.8. The maximum Gasteiger partial charge on any atom is 0.331 e. The summed E-state index contributed by atoms with van der Waals surface area (Å²) in [6.07, 6.45) is 6.61. The van der Waals surface area contributed by atoms with E-state index < -0.39 is 4.92 Å². The highest BCUT2D eigenvalue weighted by molar-refractivity contribution is 6.31. The molecule has 1 saturated carbocycles. The number of aromatic nitrogens is 2. The average molecular weight is 288 g/mol. The smallest absolute Gasteiger partial charge is 0.331 e. The Kier molecular flexibility index (Phi) is 4.76. The Morgan fingerprint density at radius 1 is 1.42 bits per heavy atom. The van der Waals surface area contributed by atoms with Crippen molar-refractivity contribution in [1.82, 2.24) is 9.78 Å². The Hall–Kier alpha value is -1.14. The van der Waals surface area contributed by atoms with Crippen LogP contribution in [0, 0.1) is 10.1 Å². The third-order valence-corrected chi connectivity index (χ3v) is 3.88. The predicted octanol–water partition coefficient (Wildman–Crippen LogP) is 3.49. The SMILES string of the molecule is COCc1nn(C2CCCCCC2)c(Cl)c1[N+](=O)[O-]. The zero-order valence-corrected chi connectivity index (χ0v) is 11.7. The highest BCUT2D eigenvalue weighted by Crippen LogP contribution is 2.35. The van der Waals surface area contributed by atoms with E-state index in [0.29, 0.717) is 5.69 Å². The molecule has 0 atom stereocenters. The van der Waals surface area contributed by atoms with Crippen molar-refractivity contribution in [2.75, 3.05) is 7.11 Å². The van der Waals surface area contributed by atoms with E-state index in [-0.39, 0.29) is 23.5 Å². The van der Waals surface area contributed by atoms with Crippen LogP contribution >= 0.6 is 11.6 Å². The van der Waals surface area contributed by atoms with E-state index in [4.69, 9.17) is 16.3 Å². The molecule has 0 spiro atoms. The number of nitro groups is 1. The molecule has 0 radical (unpaired) electrons. The van der Waals surface area contributed by atoms with Gasteiger partial charge in [-0.15, -0.1) is 0 Å². The molecule has 0 saturated heterocycles. The van der Waals surface area contributed by atoms with Gasteiger partial charge in [0.2, 0.25) is 5.15 Å². The molecule has 0 N–H and O–H groups in total. The molecule has 1 heterocycles. The first-order chi connectivity index (χ1) is 9.15. The van der Waals surface area contributed by atoms with E-state index in [2.05, 4.69) is 5.10 Å².